The number of aliphatic hydroxyl groups excluding tert-OH is 5. The highest BCUT2D eigenvalue weighted by Gasteiger charge is 2.35. The number of benzene rings is 9. The van der Waals surface area contributed by atoms with E-state index in [9.17, 15) is 95.0 Å². The number of hydrogen-bond acceptors (Lipinski definition) is 20. The third kappa shape index (κ3) is 36.8. The van der Waals surface area contributed by atoms with Crippen LogP contribution in [0.4, 0.5) is 35.9 Å². The molecule has 756 valence electrons. The van der Waals surface area contributed by atoms with Gasteiger partial charge in [-0.3, -0.25) is 33.6 Å². The van der Waals surface area contributed by atoms with Gasteiger partial charge in [-0.05, 0) is 273 Å². The number of carbonyl (C=O) groups is 9. The number of aliphatic hydroxyl groups is 5. The fraction of sp³-hybridized carbons (Fsp3) is 0.406. The standard InChI is InChI=1S/C37H47F2N3O7.C37H45F2N3O7.C32H39F2N3O5/c2*1-8-12-41(6)35(46)28-18-26(23(2)43)17-27(19-28)34(45)40-32(16-25-13-29(38)20-30(39)14-25)33(44)22-42(36(47)49-37(3,4)5)21-24-10-9-11-31(15-24)48-7;1-5-9-37(3)32(41)25-15-23(20(2)38)14-24(16-25)31(40)36-29(13-22-10-26(33)17-27(34)11-22)30(39)19-35-18-21-7-6-8-28(12-21)42-4/h9-11,13-15,17-20,23,32-33,43-44H,8,12,16,21-22H2,1-7H3,(H,40,45);9-11,13-15,17-20,32-33,44H,8,12,16,21-22H2,1-7H3,(H,40,45);6-8,10-12,14-17,20,29-30,35,38-39H,5,9,13,18-19H2,1-4H3,(H,36,40)/t23?,32-,33+;32-,33+;20?,29-,30+/m000/s1. The van der Waals surface area contributed by atoms with Crippen LogP contribution in [0.3, 0.4) is 0 Å². The lowest BCUT2D eigenvalue weighted by atomic mass is 9.98. The highest BCUT2D eigenvalue weighted by atomic mass is 19.2. The SMILES string of the molecule is CCCN(C)C(=O)c1cc(C(=O)N[C@@H](Cc2cc(F)cc(F)c2)[C@H](O)CN(Cc2cccc(OC)c2)C(=O)OC(C)(C)C)cc(C(C)O)c1.CCCN(C)C(=O)c1cc(C(=O)N[C@@H](Cc2cc(F)cc(F)c2)[C@H](O)CNCc2cccc(OC)c2)cc(C(C)O)c1.CCCN(C)C(=O)c1cc(C(C)=O)cc(C(=O)N[C@@H](Cc2cc(F)cc(F)c2)[C@H](O)CN(Cc2cccc(OC)c2)C(=O)OC(C)(C)C)c1. The smallest absolute Gasteiger partial charge is 0.410 e. The fourth-order valence-electron chi connectivity index (χ4n) is 14.9. The van der Waals surface area contributed by atoms with Crippen molar-refractivity contribution >= 4 is 53.4 Å². The monoisotopic (exact) mass is 1950 g/mol. The van der Waals surface area contributed by atoms with Crippen LogP contribution in [0.25, 0.3) is 0 Å². The Morgan fingerprint density at radius 2 is 0.643 bits per heavy atom. The number of carbonyl (C=O) groups excluding carboxylic acids is 9. The van der Waals surface area contributed by atoms with Crippen LogP contribution < -0.4 is 35.5 Å². The molecule has 140 heavy (non-hydrogen) atoms. The van der Waals surface area contributed by atoms with Crippen molar-refractivity contribution in [3.8, 4) is 17.2 Å². The number of nitrogens with zero attached hydrogens (tertiary/aromatic N) is 5. The fourth-order valence-corrected chi connectivity index (χ4v) is 14.9. The van der Waals surface area contributed by atoms with Crippen LogP contribution in [0.5, 0.6) is 17.2 Å². The molecule has 0 bridgehead atoms. The van der Waals surface area contributed by atoms with Crippen molar-refractivity contribution in [3.05, 3.63) is 300 Å². The minimum atomic E-state index is -1.49. The zero-order valence-corrected chi connectivity index (χ0v) is 82.5. The highest BCUT2D eigenvalue weighted by Crippen LogP contribution is 2.28. The zero-order valence-electron chi connectivity index (χ0n) is 82.5. The first-order valence-electron chi connectivity index (χ1n) is 45.9. The van der Waals surface area contributed by atoms with Crippen LogP contribution in [-0.2, 0) is 48.4 Å². The number of ketones is 1. The number of methoxy groups -OCH3 is 3. The molecule has 0 spiro atoms. The summed E-state index contributed by atoms with van der Waals surface area (Å²) in [4.78, 5) is 126. The lowest BCUT2D eigenvalue weighted by Crippen LogP contribution is -2.51. The molecule has 0 aromatic heterocycles. The van der Waals surface area contributed by atoms with Gasteiger partial charge in [0.05, 0.1) is 83.1 Å². The second-order valence-electron chi connectivity index (χ2n) is 36.4. The number of Topliss-reactive ketones (excluding diaryl/α,β-unsaturated/α-hetero) is 1. The quantitative estimate of drug-likeness (QED) is 0.0127. The summed E-state index contributed by atoms with van der Waals surface area (Å²) in [5, 5.41) is 66.3. The summed E-state index contributed by atoms with van der Waals surface area (Å²) < 4.78 is 112. The highest BCUT2D eigenvalue weighted by molar-refractivity contribution is 6.05. The molecule has 9 aromatic rings. The molecule has 9 aromatic carbocycles. The summed E-state index contributed by atoms with van der Waals surface area (Å²) in [6.07, 6.45) is -5.90. The van der Waals surface area contributed by atoms with E-state index in [4.69, 9.17) is 23.7 Å². The predicted octanol–water partition coefficient (Wildman–Crippen LogP) is 15.4. The Morgan fingerprint density at radius 1 is 0.364 bits per heavy atom. The van der Waals surface area contributed by atoms with E-state index in [0.29, 0.717) is 90.7 Å². The first-order valence-corrected chi connectivity index (χ1v) is 45.9. The summed E-state index contributed by atoms with van der Waals surface area (Å²) >= 11 is 0. The zero-order chi connectivity index (χ0) is 104. The molecular weight excluding hydrogens is 1820 g/mol. The van der Waals surface area contributed by atoms with Crippen LogP contribution in [0.15, 0.2) is 182 Å². The van der Waals surface area contributed by atoms with Crippen molar-refractivity contribution in [2.24, 2.45) is 0 Å². The Labute approximate surface area is 814 Å². The summed E-state index contributed by atoms with van der Waals surface area (Å²) in [7, 11) is 9.48. The van der Waals surface area contributed by atoms with Gasteiger partial charge in [0.15, 0.2) is 5.78 Å². The molecule has 9 rings (SSSR count). The molecule has 34 heteroatoms. The van der Waals surface area contributed by atoms with Crippen molar-refractivity contribution in [3.63, 3.8) is 0 Å². The van der Waals surface area contributed by atoms with Crippen LogP contribution in [-0.4, -0.2) is 233 Å². The van der Waals surface area contributed by atoms with Gasteiger partial charge in [-0.25, -0.2) is 35.9 Å². The van der Waals surface area contributed by atoms with Gasteiger partial charge in [-0.1, -0.05) is 57.2 Å². The summed E-state index contributed by atoms with van der Waals surface area (Å²) in [6, 6.07) is 39.7. The molecule has 0 aliphatic heterocycles. The van der Waals surface area contributed by atoms with Gasteiger partial charge in [0.1, 0.15) is 63.4 Å². The first-order chi connectivity index (χ1) is 66.0. The maximum absolute atomic E-state index is 14.2. The number of amides is 8. The average Bonchev–Trinajstić information content (AvgIpc) is 0.818. The van der Waals surface area contributed by atoms with Crippen molar-refractivity contribution in [1.82, 2.24) is 45.8 Å². The average molecular weight is 1950 g/mol. The van der Waals surface area contributed by atoms with Crippen molar-refractivity contribution in [2.75, 3.05) is 81.7 Å². The summed E-state index contributed by atoms with van der Waals surface area (Å²) in [5.74, 6) is -6.65. The molecule has 9 N–H and O–H groups in total. The Morgan fingerprint density at radius 3 is 0.943 bits per heavy atom. The van der Waals surface area contributed by atoms with Crippen LogP contribution in [0.1, 0.15) is 232 Å². The molecule has 0 aliphatic carbocycles. The topological polar surface area (TPSA) is 365 Å². The van der Waals surface area contributed by atoms with Gasteiger partial charge in [-0.2, -0.15) is 0 Å². The summed E-state index contributed by atoms with van der Waals surface area (Å²) in [5.41, 5.74) is 2.48. The number of halogens is 6. The third-order valence-corrected chi connectivity index (χ3v) is 21.9. The normalized spacial score (nSPS) is 12.9. The number of ether oxygens (including phenoxy) is 5. The van der Waals surface area contributed by atoms with E-state index in [1.54, 1.807) is 124 Å². The minimum Gasteiger partial charge on any atom is -0.497 e. The van der Waals surface area contributed by atoms with Crippen molar-refractivity contribution in [1.29, 1.82) is 0 Å². The third-order valence-electron chi connectivity index (χ3n) is 21.9. The molecule has 0 fully saturated rings. The molecule has 8 atom stereocenters. The van der Waals surface area contributed by atoms with E-state index >= 15 is 0 Å². The van der Waals surface area contributed by atoms with E-state index in [-0.39, 0.29) is 125 Å². The predicted molar refractivity (Wildman–Crippen MR) is 518 cm³/mol. The van der Waals surface area contributed by atoms with Gasteiger partial charge in [0.25, 0.3) is 35.4 Å². The second-order valence-corrected chi connectivity index (χ2v) is 36.4. The van der Waals surface area contributed by atoms with Gasteiger partial charge in [-0.15, -0.1) is 0 Å². The van der Waals surface area contributed by atoms with Gasteiger partial charge < -0.3 is 95.0 Å². The van der Waals surface area contributed by atoms with Gasteiger partial charge in [0, 0.05) is 124 Å². The Bertz CT molecular complexity index is 5660. The van der Waals surface area contributed by atoms with Crippen molar-refractivity contribution in [2.45, 2.75) is 201 Å². The van der Waals surface area contributed by atoms with Crippen molar-refractivity contribution < 1.29 is 119 Å². The first kappa shape index (κ1) is 114. The van der Waals surface area contributed by atoms with E-state index in [1.165, 1.54) is 108 Å². The molecule has 8 amide bonds. The molecule has 0 aliphatic rings. The molecule has 2 unspecified atom stereocenters. The molecular formula is C106H131F6N9O19. The Kier molecular flexibility index (Phi) is 43.7. The molecule has 0 saturated carbocycles. The number of rotatable bonds is 42. The number of hydrogen-bond donors (Lipinski definition) is 9. The molecule has 0 saturated heterocycles. The van der Waals surface area contributed by atoms with Gasteiger partial charge >= 0.3 is 12.2 Å². The minimum absolute atomic E-state index is 0.00413. The van der Waals surface area contributed by atoms with Crippen LogP contribution in [0.2, 0.25) is 0 Å². The van der Waals surface area contributed by atoms with Crippen LogP contribution >= 0.6 is 0 Å². The van der Waals surface area contributed by atoms with E-state index in [1.807, 2.05) is 45.0 Å². The van der Waals surface area contributed by atoms with Crippen LogP contribution in [0, 0.1) is 34.9 Å². The molecule has 0 heterocycles. The largest absolute Gasteiger partial charge is 0.497 e. The lowest BCUT2D eigenvalue weighted by Gasteiger charge is -2.32. The molecule has 28 nitrogen and oxygen atoms in total. The Balaban J connectivity index is 0.000000286. The summed E-state index contributed by atoms with van der Waals surface area (Å²) in [6.45, 7) is 21.5. The number of nitrogens with one attached hydrogen (secondary N) is 4. The Hall–Kier alpha value is -13.3. The molecule has 0 radical (unpaired) electrons. The van der Waals surface area contributed by atoms with E-state index < -0.39 is 131 Å². The maximum Gasteiger partial charge on any atom is 0.410 e. The second kappa shape index (κ2) is 53.8. The maximum atomic E-state index is 14.2. The lowest BCUT2D eigenvalue weighted by molar-refractivity contribution is 0.00768. The van der Waals surface area contributed by atoms with Gasteiger partial charge in [0.2, 0.25) is 0 Å². The van der Waals surface area contributed by atoms with E-state index in [0.717, 1.165) is 54.4 Å². The van der Waals surface area contributed by atoms with E-state index in [2.05, 4.69) is 21.3 Å².